The molecule has 4 heterocycles. The van der Waals surface area contributed by atoms with Gasteiger partial charge in [-0.2, -0.15) is 15.0 Å². The molecule has 1 amide bonds. The van der Waals surface area contributed by atoms with E-state index in [-0.39, 0.29) is 52.9 Å². The molecular weight excluding hydrogens is 564 g/mol. The van der Waals surface area contributed by atoms with E-state index in [1.165, 1.54) is 24.4 Å². The normalized spacial score (nSPS) is 22.2. The predicted molar refractivity (Wildman–Crippen MR) is 168 cm³/mol. The average Bonchev–Trinajstić information content (AvgIpc) is 2.98. The number of fused-ring (bicyclic) bond motifs is 1. The van der Waals surface area contributed by atoms with Crippen LogP contribution in [-0.4, -0.2) is 86.4 Å². The Labute approximate surface area is 253 Å². The van der Waals surface area contributed by atoms with Crippen LogP contribution in [0.4, 0.5) is 29.2 Å². The van der Waals surface area contributed by atoms with Gasteiger partial charge in [0.1, 0.15) is 11.3 Å². The van der Waals surface area contributed by atoms with Crippen LogP contribution in [0.15, 0.2) is 48.7 Å². The molecule has 0 spiro atoms. The van der Waals surface area contributed by atoms with E-state index in [0.717, 1.165) is 0 Å². The van der Waals surface area contributed by atoms with Crippen LogP contribution in [0.25, 0.3) is 10.9 Å². The molecule has 2 aliphatic rings. The fourth-order valence-corrected chi connectivity index (χ4v) is 5.72. The molecular formula is C29H36N12O3. The summed E-state index contributed by atoms with van der Waals surface area (Å²) in [5, 5.41) is 27.9. The number of benzene rings is 2. The number of hydrogen-bond acceptors (Lipinski definition) is 14. The number of hydrogen-bond donors (Lipinski definition) is 8. The highest BCUT2D eigenvalue weighted by atomic mass is 16.3. The van der Waals surface area contributed by atoms with Gasteiger partial charge in [-0.25, -0.2) is 0 Å². The molecule has 4 atom stereocenters. The fourth-order valence-electron chi connectivity index (χ4n) is 5.72. The smallest absolute Gasteiger partial charge is 0.259 e. The van der Waals surface area contributed by atoms with E-state index in [2.05, 4.69) is 25.6 Å². The van der Waals surface area contributed by atoms with Crippen molar-refractivity contribution >= 4 is 46.0 Å². The van der Waals surface area contributed by atoms with Gasteiger partial charge in [-0.1, -0.05) is 12.1 Å². The Morgan fingerprint density at radius 1 is 0.818 bits per heavy atom. The van der Waals surface area contributed by atoms with E-state index in [1.807, 2.05) is 9.80 Å². The van der Waals surface area contributed by atoms with Crippen molar-refractivity contribution < 1.29 is 15.0 Å². The quantitative estimate of drug-likeness (QED) is 0.141. The Balaban J connectivity index is 1.25. The van der Waals surface area contributed by atoms with E-state index in [0.29, 0.717) is 67.5 Å². The number of rotatable bonds is 6. The molecule has 15 nitrogen and oxygen atoms in total. The number of anilines is 5. The first-order valence-corrected chi connectivity index (χ1v) is 14.4. The first kappa shape index (κ1) is 29.3. The zero-order valence-corrected chi connectivity index (χ0v) is 24.0. The maximum atomic E-state index is 13.0. The summed E-state index contributed by atoms with van der Waals surface area (Å²) >= 11 is 0. The van der Waals surface area contributed by atoms with Crippen LogP contribution in [0.5, 0.6) is 11.5 Å². The standard InChI is InChI=1S/C29H36N12O3/c30-16-8-17(31)12-40(11-16)28-37-27(38-29(39-28)41-13-18(32)9-19(33)14-41)35-20-4-6-22(23(42)10-20)36-26(44)21-5-3-15-2-1-7-34-24(15)25(21)43/h1-7,10,16-19,42-43H,8-9,11-14,30-33H2,(H,36,44)(H,35,37,38,39)/t16-,17+,18-,19+. The first-order chi connectivity index (χ1) is 21.1. The van der Waals surface area contributed by atoms with Gasteiger partial charge in [-0.3, -0.25) is 9.78 Å². The number of nitrogens with one attached hydrogen (secondary N) is 2. The van der Waals surface area contributed by atoms with Crippen molar-refractivity contribution in [3.8, 4) is 11.5 Å². The summed E-state index contributed by atoms with van der Waals surface area (Å²) in [6.07, 6.45) is 2.94. The molecule has 2 aliphatic heterocycles. The maximum Gasteiger partial charge on any atom is 0.259 e. The van der Waals surface area contributed by atoms with Gasteiger partial charge in [-0.15, -0.1) is 0 Å². The molecule has 0 unspecified atom stereocenters. The molecule has 12 N–H and O–H groups in total. The minimum atomic E-state index is -0.603. The molecule has 44 heavy (non-hydrogen) atoms. The van der Waals surface area contributed by atoms with Crippen molar-refractivity contribution in [2.75, 3.05) is 46.6 Å². The van der Waals surface area contributed by atoms with Gasteiger partial charge in [-0.05, 0) is 37.1 Å². The van der Waals surface area contributed by atoms with Gasteiger partial charge < -0.3 is 53.6 Å². The predicted octanol–water partition coefficient (Wildman–Crippen LogP) is 0.556. The van der Waals surface area contributed by atoms with E-state index in [1.54, 1.807) is 24.3 Å². The Bertz CT molecular complexity index is 1620. The van der Waals surface area contributed by atoms with Crippen LogP contribution in [0.2, 0.25) is 0 Å². The van der Waals surface area contributed by atoms with Crippen LogP contribution in [0.3, 0.4) is 0 Å². The molecule has 0 bridgehead atoms. The highest BCUT2D eigenvalue weighted by molar-refractivity contribution is 6.09. The summed E-state index contributed by atoms with van der Waals surface area (Å²) < 4.78 is 0. The van der Waals surface area contributed by atoms with Gasteiger partial charge in [0.25, 0.3) is 5.91 Å². The zero-order valence-electron chi connectivity index (χ0n) is 24.0. The number of phenolic OH excluding ortho intramolecular Hbond substituents is 2. The Morgan fingerprint density at radius 3 is 2.02 bits per heavy atom. The summed E-state index contributed by atoms with van der Waals surface area (Å²) in [6, 6.07) is 10.8. The second kappa shape index (κ2) is 12.0. The maximum absolute atomic E-state index is 13.0. The number of aromatic hydroxyl groups is 2. The highest BCUT2D eigenvalue weighted by Gasteiger charge is 2.29. The number of aromatic nitrogens is 4. The molecule has 2 aromatic carbocycles. The second-order valence-electron chi connectivity index (χ2n) is 11.4. The Morgan fingerprint density at radius 2 is 1.43 bits per heavy atom. The SMILES string of the molecule is N[C@@H]1C[C@H](N)CN(c2nc(Nc3ccc(NC(=O)c4ccc5cccnc5c4O)c(O)c3)nc(N3C[C@H](N)C[C@H](N)C3)n2)C1. The molecule has 0 radical (unpaired) electrons. The third-order valence-electron chi connectivity index (χ3n) is 7.70. The van der Waals surface area contributed by atoms with Crippen molar-refractivity contribution in [2.24, 2.45) is 22.9 Å². The zero-order chi connectivity index (χ0) is 31.0. The van der Waals surface area contributed by atoms with Gasteiger partial charge in [0.05, 0.1) is 11.3 Å². The van der Waals surface area contributed by atoms with Crippen LogP contribution in [0, 0.1) is 0 Å². The largest absolute Gasteiger partial charge is 0.506 e. The van der Waals surface area contributed by atoms with Crippen molar-refractivity contribution in [3.05, 3.63) is 54.2 Å². The number of carbonyl (C=O) groups is 1. The van der Waals surface area contributed by atoms with Gasteiger partial charge in [0.15, 0.2) is 5.75 Å². The fraction of sp³-hybridized carbons (Fsp3) is 0.345. The number of phenols is 2. The number of amides is 1. The van der Waals surface area contributed by atoms with Crippen molar-refractivity contribution in [2.45, 2.75) is 37.0 Å². The van der Waals surface area contributed by atoms with E-state index in [9.17, 15) is 15.0 Å². The lowest BCUT2D eigenvalue weighted by Gasteiger charge is -2.37. The van der Waals surface area contributed by atoms with Gasteiger partial charge in [0.2, 0.25) is 17.8 Å². The van der Waals surface area contributed by atoms with Crippen molar-refractivity contribution in [3.63, 3.8) is 0 Å². The number of nitrogens with two attached hydrogens (primary N) is 4. The molecule has 2 saturated heterocycles. The van der Waals surface area contributed by atoms with Crippen LogP contribution in [-0.2, 0) is 0 Å². The van der Waals surface area contributed by atoms with E-state index < -0.39 is 5.91 Å². The monoisotopic (exact) mass is 600 g/mol. The number of piperidine rings is 2. The molecule has 2 aromatic heterocycles. The average molecular weight is 601 g/mol. The third kappa shape index (κ3) is 6.26. The van der Waals surface area contributed by atoms with Crippen LogP contribution >= 0.6 is 0 Å². The molecule has 4 aromatic rings. The topological polar surface area (TPSA) is 244 Å². The summed E-state index contributed by atoms with van der Waals surface area (Å²) in [5.74, 6) is -0.00519. The summed E-state index contributed by atoms with van der Waals surface area (Å²) in [4.78, 5) is 35.0. The molecule has 0 aliphatic carbocycles. The lowest BCUT2D eigenvalue weighted by molar-refractivity contribution is 0.102. The third-order valence-corrected chi connectivity index (χ3v) is 7.70. The molecule has 2 fully saturated rings. The van der Waals surface area contributed by atoms with Crippen molar-refractivity contribution in [1.82, 2.24) is 19.9 Å². The molecule has 230 valence electrons. The van der Waals surface area contributed by atoms with Gasteiger partial charge >= 0.3 is 0 Å². The molecule has 15 heteroatoms. The number of nitrogens with zero attached hydrogens (tertiary/aromatic N) is 6. The Kier molecular flexibility index (Phi) is 8.01. The summed E-state index contributed by atoms with van der Waals surface area (Å²) in [7, 11) is 0. The van der Waals surface area contributed by atoms with E-state index in [4.69, 9.17) is 27.9 Å². The number of carbonyl (C=O) groups excluding carboxylic acids is 1. The second-order valence-corrected chi connectivity index (χ2v) is 11.4. The molecule has 0 saturated carbocycles. The van der Waals surface area contributed by atoms with E-state index >= 15 is 0 Å². The summed E-state index contributed by atoms with van der Waals surface area (Å²) in [6.45, 7) is 2.14. The lowest BCUT2D eigenvalue weighted by atomic mass is 10.0. The molecule has 6 rings (SSSR count). The Hall–Kier alpha value is -4.83. The van der Waals surface area contributed by atoms with Crippen LogP contribution < -0.4 is 43.4 Å². The minimum Gasteiger partial charge on any atom is -0.506 e. The lowest BCUT2D eigenvalue weighted by Crippen LogP contribution is -2.54. The minimum absolute atomic E-state index is 0.0253. The van der Waals surface area contributed by atoms with Gasteiger partial charge in [0, 0.05) is 73.7 Å². The first-order valence-electron chi connectivity index (χ1n) is 14.4. The summed E-state index contributed by atoms with van der Waals surface area (Å²) in [5.41, 5.74) is 25.9. The highest BCUT2D eigenvalue weighted by Crippen LogP contribution is 2.32. The number of pyridine rings is 1. The van der Waals surface area contributed by atoms with Crippen LogP contribution in [0.1, 0.15) is 23.2 Å². The van der Waals surface area contributed by atoms with Crippen molar-refractivity contribution in [1.29, 1.82) is 0 Å².